The van der Waals surface area contributed by atoms with Crippen LogP contribution in [-0.4, -0.2) is 31.5 Å². The van der Waals surface area contributed by atoms with Crippen LogP contribution >= 0.6 is 0 Å². The molecule has 0 aliphatic rings. The van der Waals surface area contributed by atoms with Gasteiger partial charge in [0, 0.05) is 19.7 Å². The fourth-order valence-electron chi connectivity index (χ4n) is 1.21. The van der Waals surface area contributed by atoms with Crippen LogP contribution in [0.2, 0.25) is 0 Å². The molecule has 0 spiro atoms. The Hall–Kier alpha value is -1.71. The number of hydrogen-bond donors (Lipinski definition) is 1. The van der Waals surface area contributed by atoms with Gasteiger partial charge in [0.25, 0.3) is 5.91 Å². The Morgan fingerprint density at radius 3 is 2.67 bits per heavy atom. The first-order valence-electron chi connectivity index (χ1n) is 4.80. The molecular weight excluding hydrogens is 192 g/mol. The minimum absolute atomic E-state index is 0.0593. The number of ether oxygens (including phenoxy) is 1. The molecule has 0 saturated heterocycles. The van der Waals surface area contributed by atoms with Crippen LogP contribution in [0.15, 0.2) is 18.2 Å². The van der Waals surface area contributed by atoms with E-state index < -0.39 is 0 Å². The molecule has 0 heterocycles. The molecule has 2 N–H and O–H groups in total. The van der Waals surface area contributed by atoms with Crippen molar-refractivity contribution in [3.8, 4) is 5.75 Å². The molecule has 0 aliphatic heterocycles. The minimum Gasteiger partial charge on any atom is -0.492 e. The fraction of sp³-hybridized carbons (Fsp3) is 0.364. The van der Waals surface area contributed by atoms with E-state index in [0.717, 1.165) is 0 Å². The van der Waals surface area contributed by atoms with Gasteiger partial charge in [-0.15, -0.1) is 0 Å². The van der Waals surface area contributed by atoms with Crippen molar-refractivity contribution >= 4 is 11.6 Å². The number of amides is 1. The summed E-state index contributed by atoms with van der Waals surface area (Å²) < 4.78 is 5.31. The normalized spacial score (nSPS) is 9.80. The molecule has 0 atom stereocenters. The zero-order valence-corrected chi connectivity index (χ0v) is 9.28. The van der Waals surface area contributed by atoms with Crippen molar-refractivity contribution in [2.24, 2.45) is 0 Å². The van der Waals surface area contributed by atoms with Gasteiger partial charge < -0.3 is 15.4 Å². The number of carbonyl (C=O) groups is 1. The van der Waals surface area contributed by atoms with Crippen molar-refractivity contribution in [3.63, 3.8) is 0 Å². The predicted octanol–water partition coefficient (Wildman–Crippen LogP) is 1.37. The molecule has 15 heavy (non-hydrogen) atoms. The van der Waals surface area contributed by atoms with Gasteiger partial charge in [-0.25, -0.2) is 0 Å². The van der Waals surface area contributed by atoms with Crippen molar-refractivity contribution < 1.29 is 9.53 Å². The maximum absolute atomic E-state index is 11.6. The zero-order chi connectivity index (χ0) is 11.4. The third-order valence-corrected chi connectivity index (χ3v) is 1.97. The Bertz CT molecular complexity index is 362. The standard InChI is InChI=1S/C11H16N2O2/c1-4-15-10-7-8(5-6-9(10)12)11(14)13(2)3/h5-7H,4,12H2,1-3H3. The van der Waals surface area contributed by atoms with Gasteiger partial charge in [-0.3, -0.25) is 4.79 Å². The second-order valence-corrected chi connectivity index (χ2v) is 3.39. The van der Waals surface area contributed by atoms with Crippen LogP contribution in [0.5, 0.6) is 5.75 Å². The molecule has 1 aromatic rings. The molecule has 0 unspecified atom stereocenters. The molecule has 1 aromatic carbocycles. The summed E-state index contributed by atoms with van der Waals surface area (Å²) in [7, 11) is 3.41. The first-order chi connectivity index (χ1) is 7.06. The summed E-state index contributed by atoms with van der Waals surface area (Å²) in [6.07, 6.45) is 0. The molecule has 0 saturated carbocycles. The molecule has 0 aliphatic carbocycles. The number of hydrogen-bond acceptors (Lipinski definition) is 3. The van der Waals surface area contributed by atoms with Crippen molar-refractivity contribution in [3.05, 3.63) is 23.8 Å². The molecule has 1 rings (SSSR count). The highest BCUT2D eigenvalue weighted by atomic mass is 16.5. The summed E-state index contributed by atoms with van der Waals surface area (Å²) in [5.74, 6) is 0.501. The highest BCUT2D eigenvalue weighted by Gasteiger charge is 2.10. The molecule has 1 amide bonds. The molecule has 0 aromatic heterocycles. The summed E-state index contributed by atoms with van der Waals surface area (Å²) in [6.45, 7) is 2.41. The van der Waals surface area contributed by atoms with Gasteiger partial charge in [-0.05, 0) is 25.1 Å². The number of carbonyl (C=O) groups excluding carboxylic acids is 1. The van der Waals surface area contributed by atoms with Gasteiger partial charge in [0.1, 0.15) is 5.75 Å². The minimum atomic E-state index is -0.0593. The molecule has 82 valence electrons. The van der Waals surface area contributed by atoms with Gasteiger partial charge in [0.15, 0.2) is 0 Å². The van der Waals surface area contributed by atoms with Gasteiger partial charge in [-0.2, -0.15) is 0 Å². The Balaban J connectivity index is 3.01. The van der Waals surface area contributed by atoms with Crippen molar-refractivity contribution in [2.45, 2.75) is 6.92 Å². The van der Waals surface area contributed by atoms with E-state index in [-0.39, 0.29) is 5.91 Å². The van der Waals surface area contributed by atoms with E-state index >= 15 is 0 Å². The van der Waals surface area contributed by atoms with Crippen molar-refractivity contribution in [1.82, 2.24) is 4.90 Å². The number of nitrogens with zero attached hydrogens (tertiary/aromatic N) is 1. The predicted molar refractivity (Wildman–Crippen MR) is 60.0 cm³/mol. The van der Waals surface area contributed by atoms with Crippen LogP contribution in [0.25, 0.3) is 0 Å². The monoisotopic (exact) mass is 208 g/mol. The molecule has 0 fully saturated rings. The average Bonchev–Trinajstić information content (AvgIpc) is 2.20. The number of nitrogens with two attached hydrogens (primary N) is 1. The SMILES string of the molecule is CCOc1cc(C(=O)N(C)C)ccc1N. The molecular formula is C11H16N2O2. The van der Waals surface area contributed by atoms with Crippen LogP contribution in [0, 0.1) is 0 Å². The third kappa shape index (κ3) is 2.62. The van der Waals surface area contributed by atoms with Crippen LogP contribution in [-0.2, 0) is 0 Å². The van der Waals surface area contributed by atoms with E-state index in [1.807, 2.05) is 6.92 Å². The molecule has 4 heteroatoms. The second-order valence-electron chi connectivity index (χ2n) is 3.39. The highest BCUT2D eigenvalue weighted by molar-refractivity contribution is 5.94. The Kier molecular flexibility index (Phi) is 3.55. The summed E-state index contributed by atoms with van der Waals surface area (Å²) in [5, 5.41) is 0. The van der Waals surface area contributed by atoms with Crippen molar-refractivity contribution in [1.29, 1.82) is 0 Å². The second kappa shape index (κ2) is 4.68. The lowest BCUT2D eigenvalue weighted by atomic mass is 10.1. The van der Waals surface area contributed by atoms with E-state index in [1.165, 1.54) is 4.90 Å². The topological polar surface area (TPSA) is 55.6 Å². The van der Waals surface area contributed by atoms with E-state index in [4.69, 9.17) is 10.5 Å². The first kappa shape index (κ1) is 11.4. The molecule has 4 nitrogen and oxygen atoms in total. The lowest BCUT2D eigenvalue weighted by Gasteiger charge is -2.12. The van der Waals surface area contributed by atoms with E-state index in [0.29, 0.717) is 23.6 Å². The number of benzene rings is 1. The fourth-order valence-corrected chi connectivity index (χ4v) is 1.21. The zero-order valence-electron chi connectivity index (χ0n) is 9.28. The third-order valence-electron chi connectivity index (χ3n) is 1.97. The van der Waals surface area contributed by atoms with Crippen LogP contribution in [0.4, 0.5) is 5.69 Å². The molecule has 0 radical (unpaired) electrons. The Morgan fingerprint density at radius 2 is 2.13 bits per heavy atom. The quantitative estimate of drug-likeness (QED) is 0.763. The van der Waals surface area contributed by atoms with E-state index in [1.54, 1.807) is 32.3 Å². The van der Waals surface area contributed by atoms with Crippen LogP contribution < -0.4 is 10.5 Å². The molecule has 0 bridgehead atoms. The smallest absolute Gasteiger partial charge is 0.253 e. The van der Waals surface area contributed by atoms with Crippen LogP contribution in [0.3, 0.4) is 0 Å². The summed E-state index contributed by atoms with van der Waals surface area (Å²) >= 11 is 0. The van der Waals surface area contributed by atoms with Gasteiger partial charge in [-0.1, -0.05) is 0 Å². The van der Waals surface area contributed by atoms with E-state index in [9.17, 15) is 4.79 Å². The maximum atomic E-state index is 11.6. The number of rotatable bonds is 3. The lowest BCUT2D eigenvalue weighted by molar-refractivity contribution is 0.0827. The maximum Gasteiger partial charge on any atom is 0.253 e. The van der Waals surface area contributed by atoms with Gasteiger partial charge in [0.2, 0.25) is 0 Å². The van der Waals surface area contributed by atoms with Crippen molar-refractivity contribution in [2.75, 3.05) is 26.4 Å². The summed E-state index contributed by atoms with van der Waals surface area (Å²) in [6, 6.07) is 5.04. The average molecular weight is 208 g/mol. The number of nitrogen functional groups attached to an aromatic ring is 1. The van der Waals surface area contributed by atoms with Gasteiger partial charge in [0.05, 0.1) is 12.3 Å². The van der Waals surface area contributed by atoms with Crippen LogP contribution in [0.1, 0.15) is 17.3 Å². The number of anilines is 1. The Morgan fingerprint density at radius 1 is 1.47 bits per heavy atom. The lowest BCUT2D eigenvalue weighted by Crippen LogP contribution is -2.21. The largest absolute Gasteiger partial charge is 0.492 e. The Labute approximate surface area is 89.6 Å². The van der Waals surface area contributed by atoms with Gasteiger partial charge >= 0.3 is 0 Å². The summed E-state index contributed by atoms with van der Waals surface area (Å²) in [4.78, 5) is 13.2. The highest BCUT2D eigenvalue weighted by Crippen LogP contribution is 2.23. The first-order valence-corrected chi connectivity index (χ1v) is 4.80. The summed E-state index contributed by atoms with van der Waals surface area (Å²) in [5.41, 5.74) is 6.83. The van der Waals surface area contributed by atoms with E-state index in [2.05, 4.69) is 0 Å².